The molecule has 0 aromatic carbocycles. The molecule has 7 heteroatoms. The van der Waals surface area contributed by atoms with Gasteiger partial charge in [-0.05, 0) is 27.7 Å². The van der Waals surface area contributed by atoms with Gasteiger partial charge in [-0.15, -0.1) is 0 Å². The van der Waals surface area contributed by atoms with E-state index in [1.54, 1.807) is 0 Å². The first-order valence-electron chi connectivity index (χ1n) is 6.98. The highest BCUT2D eigenvalue weighted by Gasteiger charge is 2.65. The van der Waals surface area contributed by atoms with Gasteiger partial charge in [-0.2, -0.15) is 0 Å². The van der Waals surface area contributed by atoms with Crippen molar-refractivity contribution in [1.29, 1.82) is 0 Å². The van der Waals surface area contributed by atoms with E-state index in [0.717, 1.165) is 28.1 Å². The Balaban J connectivity index is 3.89. The molecule has 1 aliphatic carbocycles. The molecule has 0 saturated carbocycles. The summed E-state index contributed by atoms with van der Waals surface area (Å²) in [5.41, 5.74) is -1.96. The SMILES string of the molecule is COC(=O)[C@@H]1C(C)=C(C(C)=O)C(C(C)=O)(C(C)=O)[C@@H]1C(=O)OC. The predicted octanol–water partition coefficient (Wildman–Crippen LogP) is 0.648. The quantitative estimate of drug-likeness (QED) is 0.540. The summed E-state index contributed by atoms with van der Waals surface area (Å²) in [6.07, 6.45) is 0. The summed E-state index contributed by atoms with van der Waals surface area (Å²) in [5.74, 6) is -6.31. The molecule has 0 fully saturated rings. The molecule has 1 rings (SSSR count). The second-order valence-corrected chi connectivity index (χ2v) is 5.54. The summed E-state index contributed by atoms with van der Waals surface area (Å²) in [5, 5.41) is 0. The van der Waals surface area contributed by atoms with Crippen molar-refractivity contribution in [3.05, 3.63) is 11.1 Å². The molecule has 0 aromatic heterocycles. The van der Waals surface area contributed by atoms with Crippen molar-refractivity contribution in [3.8, 4) is 0 Å². The number of carbonyl (C=O) groups is 5. The van der Waals surface area contributed by atoms with Gasteiger partial charge < -0.3 is 9.47 Å². The minimum absolute atomic E-state index is 0.122. The maximum Gasteiger partial charge on any atom is 0.313 e. The summed E-state index contributed by atoms with van der Waals surface area (Å²) < 4.78 is 9.40. The monoisotopic (exact) mass is 324 g/mol. The van der Waals surface area contributed by atoms with Crippen LogP contribution in [0.25, 0.3) is 0 Å². The fourth-order valence-electron chi connectivity index (χ4n) is 3.59. The average Bonchev–Trinajstić information content (AvgIpc) is 2.76. The second kappa shape index (κ2) is 6.44. The Kier molecular flexibility index (Phi) is 5.24. The number of methoxy groups -OCH3 is 2. The van der Waals surface area contributed by atoms with Gasteiger partial charge in [0.15, 0.2) is 5.78 Å². The van der Waals surface area contributed by atoms with E-state index in [4.69, 9.17) is 9.47 Å². The van der Waals surface area contributed by atoms with E-state index in [9.17, 15) is 24.0 Å². The fraction of sp³-hybridized carbons (Fsp3) is 0.562. The predicted molar refractivity (Wildman–Crippen MR) is 78.2 cm³/mol. The fourth-order valence-corrected chi connectivity index (χ4v) is 3.59. The van der Waals surface area contributed by atoms with Gasteiger partial charge in [0.25, 0.3) is 0 Å². The van der Waals surface area contributed by atoms with E-state index in [0.29, 0.717) is 0 Å². The molecule has 2 atom stereocenters. The van der Waals surface area contributed by atoms with Gasteiger partial charge in [-0.1, -0.05) is 5.57 Å². The minimum Gasteiger partial charge on any atom is -0.469 e. The molecule has 126 valence electrons. The van der Waals surface area contributed by atoms with Crippen molar-refractivity contribution in [3.63, 3.8) is 0 Å². The van der Waals surface area contributed by atoms with E-state index in [-0.39, 0.29) is 11.1 Å². The first-order valence-corrected chi connectivity index (χ1v) is 6.98. The Bertz CT molecular complexity index is 612. The van der Waals surface area contributed by atoms with E-state index >= 15 is 0 Å². The van der Waals surface area contributed by atoms with Crippen LogP contribution in [0.4, 0.5) is 0 Å². The molecule has 0 heterocycles. The molecule has 0 aromatic rings. The van der Waals surface area contributed by atoms with Crippen LogP contribution in [0.5, 0.6) is 0 Å². The Morgan fingerprint density at radius 1 is 0.870 bits per heavy atom. The average molecular weight is 324 g/mol. The summed E-state index contributed by atoms with van der Waals surface area (Å²) >= 11 is 0. The lowest BCUT2D eigenvalue weighted by Gasteiger charge is -2.32. The maximum absolute atomic E-state index is 12.4. The van der Waals surface area contributed by atoms with Gasteiger partial charge in [0.1, 0.15) is 17.0 Å². The molecule has 0 radical (unpaired) electrons. The molecule has 0 N–H and O–H groups in total. The smallest absolute Gasteiger partial charge is 0.313 e. The van der Waals surface area contributed by atoms with Gasteiger partial charge in [0.05, 0.1) is 26.1 Å². The van der Waals surface area contributed by atoms with Crippen LogP contribution in [0.2, 0.25) is 0 Å². The number of hydrogen-bond acceptors (Lipinski definition) is 7. The molecule has 0 unspecified atom stereocenters. The Labute approximate surface area is 134 Å². The zero-order chi connectivity index (χ0) is 18.1. The third kappa shape index (κ3) is 2.50. The molecule has 0 aliphatic heterocycles. The number of rotatable bonds is 5. The van der Waals surface area contributed by atoms with Gasteiger partial charge in [0, 0.05) is 5.57 Å². The highest BCUT2D eigenvalue weighted by molar-refractivity contribution is 6.20. The van der Waals surface area contributed by atoms with Crippen LogP contribution in [0.15, 0.2) is 11.1 Å². The van der Waals surface area contributed by atoms with Gasteiger partial charge >= 0.3 is 11.9 Å². The number of ether oxygens (including phenoxy) is 2. The number of ketones is 3. The van der Waals surface area contributed by atoms with Crippen LogP contribution in [0.3, 0.4) is 0 Å². The zero-order valence-electron chi connectivity index (χ0n) is 14.0. The van der Waals surface area contributed by atoms with Crippen LogP contribution in [-0.4, -0.2) is 43.5 Å². The van der Waals surface area contributed by atoms with Crippen molar-refractivity contribution < 1.29 is 33.4 Å². The third-order valence-corrected chi connectivity index (χ3v) is 4.43. The number of esters is 2. The van der Waals surface area contributed by atoms with Crippen molar-refractivity contribution in [1.82, 2.24) is 0 Å². The number of carbonyl (C=O) groups excluding carboxylic acids is 5. The van der Waals surface area contributed by atoms with Gasteiger partial charge in [0.2, 0.25) is 0 Å². The first kappa shape index (κ1) is 18.7. The zero-order valence-corrected chi connectivity index (χ0v) is 14.0. The minimum atomic E-state index is -2.03. The van der Waals surface area contributed by atoms with E-state index in [1.165, 1.54) is 13.8 Å². The summed E-state index contributed by atoms with van der Waals surface area (Å²) in [7, 11) is 2.21. The van der Waals surface area contributed by atoms with Gasteiger partial charge in [-0.3, -0.25) is 24.0 Å². The van der Waals surface area contributed by atoms with Crippen LogP contribution < -0.4 is 0 Å². The molecule has 0 amide bonds. The van der Waals surface area contributed by atoms with Gasteiger partial charge in [-0.25, -0.2) is 0 Å². The lowest BCUT2D eigenvalue weighted by molar-refractivity contribution is -0.163. The molecule has 7 nitrogen and oxygen atoms in total. The second-order valence-electron chi connectivity index (χ2n) is 5.54. The summed E-state index contributed by atoms with van der Waals surface area (Å²) in [4.78, 5) is 61.4. The summed E-state index contributed by atoms with van der Waals surface area (Å²) in [6.45, 7) is 4.87. The van der Waals surface area contributed by atoms with Crippen LogP contribution in [0.1, 0.15) is 27.7 Å². The van der Waals surface area contributed by atoms with E-state index < -0.39 is 46.5 Å². The van der Waals surface area contributed by atoms with Crippen LogP contribution >= 0.6 is 0 Å². The molecule has 23 heavy (non-hydrogen) atoms. The molecule has 0 bridgehead atoms. The Morgan fingerprint density at radius 3 is 1.61 bits per heavy atom. The summed E-state index contributed by atoms with van der Waals surface area (Å²) in [6, 6.07) is 0. The van der Waals surface area contributed by atoms with Crippen LogP contribution in [-0.2, 0) is 33.4 Å². The highest BCUT2D eigenvalue weighted by Crippen LogP contribution is 2.53. The normalized spacial score (nSPS) is 22.5. The largest absolute Gasteiger partial charge is 0.469 e. The molecular weight excluding hydrogens is 304 g/mol. The lowest BCUT2D eigenvalue weighted by Crippen LogP contribution is -2.50. The maximum atomic E-state index is 12.4. The Morgan fingerprint density at radius 2 is 1.30 bits per heavy atom. The molecule has 0 spiro atoms. The van der Waals surface area contributed by atoms with Crippen molar-refractivity contribution in [2.24, 2.45) is 17.3 Å². The number of Topliss-reactive ketones (excluding diaryl/α,β-unsaturated/α-hetero) is 3. The molecular formula is C16H20O7. The number of hydrogen-bond donors (Lipinski definition) is 0. The van der Waals surface area contributed by atoms with Crippen molar-refractivity contribution in [2.75, 3.05) is 14.2 Å². The van der Waals surface area contributed by atoms with Crippen molar-refractivity contribution in [2.45, 2.75) is 27.7 Å². The van der Waals surface area contributed by atoms with Crippen molar-refractivity contribution >= 4 is 29.3 Å². The highest BCUT2D eigenvalue weighted by atomic mass is 16.5. The molecule has 0 saturated heterocycles. The topological polar surface area (TPSA) is 104 Å². The lowest BCUT2D eigenvalue weighted by atomic mass is 9.65. The number of allylic oxidation sites excluding steroid dienone is 1. The van der Waals surface area contributed by atoms with E-state index in [2.05, 4.69) is 0 Å². The first-order chi connectivity index (χ1) is 10.6. The third-order valence-electron chi connectivity index (χ3n) is 4.43. The Hall–Kier alpha value is -2.31. The van der Waals surface area contributed by atoms with E-state index in [1.807, 2.05) is 0 Å². The molecule has 1 aliphatic rings. The standard InChI is InChI=1S/C16H20O7/c1-7-11(14(20)22-5)13(15(21)23-6)16(9(3)18,10(4)19)12(7)8(2)17/h11,13H,1-6H3/t11-,13+/m1/s1. The van der Waals surface area contributed by atoms with Crippen LogP contribution in [0, 0.1) is 17.3 Å².